The van der Waals surface area contributed by atoms with Crippen molar-refractivity contribution in [2.75, 3.05) is 13.7 Å². The number of carbonyl (C=O) groups excluding carboxylic acids is 1. The predicted molar refractivity (Wildman–Crippen MR) is 77.9 cm³/mol. The molecule has 1 aromatic carbocycles. The van der Waals surface area contributed by atoms with Crippen LogP contribution in [0.2, 0.25) is 19.6 Å². The molecule has 100 valence electrons. The average molecular weight is 265 g/mol. The van der Waals surface area contributed by atoms with E-state index in [9.17, 15) is 4.79 Å². The molecule has 0 spiro atoms. The van der Waals surface area contributed by atoms with Crippen LogP contribution >= 0.6 is 0 Å². The molecule has 0 aliphatic carbocycles. The summed E-state index contributed by atoms with van der Waals surface area (Å²) < 4.78 is 0. The molecule has 0 saturated carbocycles. The summed E-state index contributed by atoms with van der Waals surface area (Å²) in [6.45, 7) is 11.2. The Morgan fingerprint density at radius 2 is 1.94 bits per heavy atom. The molecular formula is C14H23NO2Si. The van der Waals surface area contributed by atoms with E-state index in [1.807, 2.05) is 26.0 Å². The van der Waals surface area contributed by atoms with Gasteiger partial charge in [0, 0.05) is 12.1 Å². The molecule has 0 N–H and O–H groups in total. The number of carbonyl (C=O) groups is 1. The topological polar surface area (TPSA) is 29.5 Å². The number of hydrogen-bond donors (Lipinski definition) is 0. The molecular weight excluding hydrogens is 242 g/mol. The van der Waals surface area contributed by atoms with Crippen LogP contribution in [0.3, 0.4) is 0 Å². The second-order valence-electron chi connectivity index (χ2n) is 5.43. The lowest BCUT2D eigenvalue weighted by atomic mass is 10.1. The molecule has 4 heteroatoms. The number of benzene rings is 1. The molecule has 0 heterocycles. The van der Waals surface area contributed by atoms with E-state index in [2.05, 4.69) is 25.7 Å². The van der Waals surface area contributed by atoms with E-state index in [0.717, 1.165) is 11.1 Å². The van der Waals surface area contributed by atoms with Gasteiger partial charge in [-0.1, -0.05) is 37.8 Å². The Bertz CT molecular complexity index is 434. The van der Waals surface area contributed by atoms with Crippen LogP contribution in [0, 0.1) is 6.92 Å². The number of aryl methyl sites for hydroxylation is 1. The SMILES string of the molecule is CCN(OC)C(=O)c1c(C)cccc1[Si](C)(C)C. The van der Waals surface area contributed by atoms with E-state index in [1.165, 1.54) is 17.4 Å². The molecule has 3 nitrogen and oxygen atoms in total. The van der Waals surface area contributed by atoms with Gasteiger partial charge in [-0.05, 0) is 24.6 Å². The van der Waals surface area contributed by atoms with E-state index >= 15 is 0 Å². The summed E-state index contributed by atoms with van der Waals surface area (Å²) in [5.41, 5.74) is 1.84. The minimum absolute atomic E-state index is 0.0319. The smallest absolute Gasteiger partial charge is 0.274 e. The molecule has 18 heavy (non-hydrogen) atoms. The normalized spacial score (nSPS) is 11.4. The summed E-state index contributed by atoms with van der Waals surface area (Å²) in [6.07, 6.45) is 0. The lowest BCUT2D eigenvalue weighted by Crippen LogP contribution is -2.44. The fourth-order valence-corrected chi connectivity index (χ4v) is 3.71. The maximum absolute atomic E-state index is 12.5. The Kier molecular flexibility index (Phi) is 4.70. The number of hydroxylamine groups is 2. The highest BCUT2D eigenvalue weighted by atomic mass is 28.3. The Balaban J connectivity index is 3.35. The van der Waals surface area contributed by atoms with Crippen LogP contribution in [0.4, 0.5) is 0 Å². The summed E-state index contributed by atoms with van der Waals surface area (Å²) in [7, 11) is -0.0109. The second-order valence-corrected chi connectivity index (χ2v) is 10.5. The van der Waals surface area contributed by atoms with Crippen LogP contribution in [0.25, 0.3) is 0 Å². The Morgan fingerprint density at radius 1 is 1.33 bits per heavy atom. The Hall–Kier alpha value is -1.13. The third-order valence-corrected chi connectivity index (χ3v) is 5.06. The molecule has 0 fully saturated rings. The third kappa shape index (κ3) is 3.00. The van der Waals surface area contributed by atoms with Crippen molar-refractivity contribution in [2.45, 2.75) is 33.5 Å². The molecule has 1 rings (SSSR count). The van der Waals surface area contributed by atoms with Crippen molar-refractivity contribution in [3.8, 4) is 0 Å². The third-order valence-electron chi connectivity index (χ3n) is 3.03. The van der Waals surface area contributed by atoms with Crippen molar-refractivity contribution >= 4 is 19.2 Å². The van der Waals surface area contributed by atoms with Gasteiger partial charge in [0.2, 0.25) is 0 Å². The quantitative estimate of drug-likeness (QED) is 0.618. The van der Waals surface area contributed by atoms with E-state index < -0.39 is 8.07 Å². The predicted octanol–water partition coefficient (Wildman–Crippen LogP) is 2.56. The second kappa shape index (κ2) is 5.67. The van der Waals surface area contributed by atoms with Gasteiger partial charge in [0.05, 0.1) is 15.2 Å². The first-order valence-corrected chi connectivity index (χ1v) is 9.79. The lowest BCUT2D eigenvalue weighted by Gasteiger charge is -2.25. The zero-order valence-corrected chi connectivity index (χ0v) is 13.2. The molecule has 1 aromatic rings. The fourth-order valence-electron chi connectivity index (χ4n) is 2.06. The highest BCUT2D eigenvalue weighted by Gasteiger charge is 2.27. The van der Waals surface area contributed by atoms with E-state index in [-0.39, 0.29) is 5.91 Å². The lowest BCUT2D eigenvalue weighted by molar-refractivity contribution is -0.0914. The maximum atomic E-state index is 12.5. The van der Waals surface area contributed by atoms with E-state index in [1.54, 1.807) is 0 Å². The van der Waals surface area contributed by atoms with Gasteiger partial charge in [-0.25, -0.2) is 5.06 Å². The number of nitrogens with zero attached hydrogens (tertiary/aromatic N) is 1. The van der Waals surface area contributed by atoms with Crippen LogP contribution in [0.1, 0.15) is 22.8 Å². The molecule has 0 saturated heterocycles. The van der Waals surface area contributed by atoms with Crippen LogP contribution in [0.15, 0.2) is 18.2 Å². The van der Waals surface area contributed by atoms with Crippen molar-refractivity contribution in [2.24, 2.45) is 0 Å². The van der Waals surface area contributed by atoms with Crippen molar-refractivity contribution in [3.63, 3.8) is 0 Å². The minimum Gasteiger partial charge on any atom is -0.274 e. The molecule has 1 amide bonds. The summed E-state index contributed by atoms with van der Waals surface area (Å²) in [5, 5.41) is 2.61. The Morgan fingerprint density at radius 3 is 2.39 bits per heavy atom. The first-order valence-electron chi connectivity index (χ1n) is 6.29. The van der Waals surface area contributed by atoms with Gasteiger partial charge in [0.25, 0.3) is 5.91 Å². The van der Waals surface area contributed by atoms with Crippen molar-refractivity contribution in [1.29, 1.82) is 0 Å². The van der Waals surface area contributed by atoms with Gasteiger partial charge >= 0.3 is 0 Å². The molecule has 0 atom stereocenters. The molecule has 0 aliphatic rings. The monoisotopic (exact) mass is 265 g/mol. The summed E-state index contributed by atoms with van der Waals surface area (Å²) >= 11 is 0. The molecule has 0 unspecified atom stereocenters. The highest BCUT2D eigenvalue weighted by molar-refractivity contribution is 6.89. The van der Waals surface area contributed by atoms with Crippen LogP contribution in [-0.4, -0.2) is 32.7 Å². The van der Waals surface area contributed by atoms with Crippen LogP contribution in [0.5, 0.6) is 0 Å². The first kappa shape index (κ1) is 14.9. The molecule has 0 aliphatic heterocycles. The van der Waals surface area contributed by atoms with E-state index in [4.69, 9.17) is 4.84 Å². The van der Waals surface area contributed by atoms with Gasteiger partial charge < -0.3 is 0 Å². The summed E-state index contributed by atoms with van der Waals surface area (Å²) in [5.74, 6) is -0.0319. The summed E-state index contributed by atoms with van der Waals surface area (Å²) in [4.78, 5) is 17.7. The fraction of sp³-hybridized carbons (Fsp3) is 0.500. The van der Waals surface area contributed by atoms with Crippen LogP contribution < -0.4 is 5.19 Å². The largest absolute Gasteiger partial charge is 0.277 e. The number of amides is 1. The molecule has 0 radical (unpaired) electrons. The number of rotatable bonds is 4. The van der Waals surface area contributed by atoms with Crippen LogP contribution in [-0.2, 0) is 4.84 Å². The average Bonchev–Trinajstić information content (AvgIpc) is 2.28. The minimum atomic E-state index is -1.55. The van der Waals surface area contributed by atoms with Crippen molar-refractivity contribution < 1.29 is 9.63 Å². The summed E-state index contributed by atoms with van der Waals surface area (Å²) in [6, 6.07) is 6.10. The highest BCUT2D eigenvalue weighted by Crippen LogP contribution is 2.14. The zero-order chi connectivity index (χ0) is 13.9. The zero-order valence-electron chi connectivity index (χ0n) is 12.2. The van der Waals surface area contributed by atoms with Gasteiger partial charge in [-0.3, -0.25) is 9.63 Å². The van der Waals surface area contributed by atoms with Crippen molar-refractivity contribution in [1.82, 2.24) is 5.06 Å². The van der Waals surface area contributed by atoms with Gasteiger partial charge in [0.15, 0.2) is 0 Å². The molecule has 0 bridgehead atoms. The van der Waals surface area contributed by atoms with Crippen molar-refractivity contribution in [3.05, 3.63) is 29.3 Å². The standard InChI is InChI=1S/C14H23NO2Si/c1-7-15(17-3)14(16)13-11(2)9-8-10-12(13)18(4,5)6/h8-10H,7H2,1-6H3. The molecule has 0 aromatic heterocycles. The van der Waals surface area contributed by atoms with E-state index in [0.29, 0.717) is 6.54 Å². The van der Waals surface area contributed by atoms with Gasteiger partial charge in [-0.15, -0.1) is 0 Å². The number of hydrogen-bond acceptors (Lipinski definition) is 2. The van der Waals surface area contributed by atoms with Gasteiger partial charge in [-0.2, -0.15) is 0 Å². The maximum Gasteiger partial charge on any atom is 0.277 e. The first-order chi connectivity index (χ1) is 8.32. The Labute approximate surface area is 111 Å². The van der Waals surface area contributed by atoms with Gasteiger partial charge in [0.1, 0.15) is 0 Å².